The van der Waals surface area contributed by atoms with Gasteiger partial charge in [0.1, 0.15) is 29.8 Å². The van der Waals surface area contributed by atoms with E-state index in [0.717, 1.165) is 5.69 Å². The largest absolute Gasteiger partial charge is 0.356 e. The highest BCUT2D eigenvalue weighted by atomic mass is 19.1. The molecule has 3 heterocycles. The molecule has 126 valence electrons. The zero-order chi connectivity index (χ0) is 17.4. The summed E-state index contributed by atoms with van der Waals surface area (Å²) in [6.07, 6.45) is 4.95. The van der Waals surface area contributed by atoms with Crippen LogP contribution in [0.4, 0.5) is 10.2 Å². The number of hydrogen-bond donors (Lipinski definition) is 1. The lowest BCUT2D eigenvalue weighted by atomic mass is 10.1. The monoisotopic (exact) mass is 337 g/mol. The predicted molar refractivity (Wildman–Crippen MR) is 90.6 cm³/mol. The van der Waals surface area contributed by atoms with Crippen molar-refractivity contribution in [2.75, 3.05) is 5.32 Å². The number of nitrogens with one attached hydrogen (secondary N) is 1. The molecular weight excluding hydrogens is 321 g/mol. The molecule has 3 aromatic heterocycles. The van der Waals surface area contributed by atoms with Gasteiger partial charge in [-0.1, -0.05) is 18.2 Å². The van der Waals surface area contributed by atoms with Gasteiger partial charge in [0.2, 0.25) is 0 Å². The maximum atomic E-state index is 14.5. The Bertz CT molecular complexity index is 1040. The van der Waals surface area contributed by atoms with Crippen molar-refractivity contribution in [3.8, 4) is 0 Å². The van der Waals surface area contributed by atoms with Crippen molar-refractivity contribution in [1.29, 1.82) is 0 Å². The van der Waals surface area contributed by atoms with Crippen LogP contribution in [0.2, 0.25) is 0 Å². The Morgan fingerprint density at radius 2 is 2.04 bits per heavy atom. The number of fused-ring (bicyclic) bond motifs is 1. The third kappa shape index (κ3) is 2.71. The number of rotatable bonds is 4. The summed E-state index contributed by atoms with van der Waals surface area (Å²) in [6, 6.07) is 8.01. The second-order valence-electron chi connectivity index (χ2n) is 5.75. The molecule has 0 bridgehead atoms. The van der Waals surface area contributed by atoms with Crippen LogP contribution >= 0.6 is 0 Å². The van der Waals surface area contributed by atoms with Crippen molar-refractivity contribution in [3.05, 3.63) is 72.0 Å². The Morgan fingerprint density at radius 1 is 1.20 bits per heavy atom. The highest BCUT2D eigenvalue weighted by Crippen LogP contribution is 2.27. The molecule has 0 spiro atoms. The van der Waals surface area contributed by atoms with Crippen LogP contribution in [0, 0.1) is 12.7 Å². The minimum absolute atomic E-state index is 0.302. The molecule has 7 nitrogen and oxygen atoms in total. The number of nitrogens with zero attached hydrogens (tertiary/aromatic N) is 6. The summed E-state index contributed by atoms with van der Waals surface area (Å²) in [5.74, 6) is 1.53. The van der Waals surface area contributed by atoms with E-state index in [1.165, 1.54) is 12.4 Å². The molecule has 0 fully saturated rings. The summed E-state index contributed by atoms with van der Waals surface area (Å²) in [5.41, 5.74) is 1.29. The summed E-state index contributed by atoms with van der Waals surface area (Å²) in [7, 11) is 1.88. The van der Waals surface area contributed by atoms with Gasteiger partial charge < -0.3 is 9.88 Å². The molecule has 0 radical (unpaired) electrons. The van der Waals surface area contributed by atoms with E-state index < -0.39 is 6.04 Å². The standard InChI is InChI=1S/C17H16FN7/c1-11-9-14(25-17(22-11)20-10-21-25)23-15(16-19-7-8-24(16)2)12-5-3-4-6-13(12)18/h3-10,15,23H,1-2H3. The van der Waals surface area contributed by atoms with Crippen LogP contribution < -0.4 is 5.32 Å². The van der Waals surface area contributed by atoms with E-state index >= 15 is 0 Å². The quantitative estimate of drug-likeness (QED) is 0.619. The zero-order valence-electron chi connectivity index (χ0n) is 13.8. The van der Waals surface area contributed by atoms with Gasteiger partial charge in [-0.2, -0.15) is 14.6 Å². The van der Waals surface area contributed by atoms with Gasteiger partial charge in [-0.15, -0.1) is 0 Å². The van der Waals surface area contributed by atoms with Crippen LogP contribution in [0.3, 0.4) is 0 Å². The van der Waals surface area contributed by atoms with E-state index in [1.807, 2.05) is 30.8 Å². The van der Waals surface area contributed by atoms with Gasteiger partial charge in [-0.3, -0.25) is 0 Å². The second kappa shape index (κ2) is 5.97. The smallest absolute Gasteiger partial charge is 0.254 e. The van der Waals surface area contributed by atoms with E-state index in [9.17, 15) is 4.39 Å². The molecule has 0 aliphatic rings. The third-order valence-electron chi connectivity index (χ3n) is 4.00. The summed E-state index contributed by atoms with van der Waals surface area (Å²) in [6.45, 7) is 1.87. The van der Waals surface area contributed by atoms with E-state index in [-0.39, 0.29) is 5.82 Å². The fraction of sp³-hybridized carbons (Fsp3) is 0.176. The van der Waals surface area contributed by atoms with E-state index in [4.69, 9.17) is 0 Å². The summed E-state index contributed by atoms with van der Waals surface area (Å²) < 4.78 is 17.9. The van der Waals surface area contributed by atoms with Crippen LogP contribution in [0.15, 0.2) is 49.1 Å². The Morgan fingerprint density at radius 3 is 2.80 bits per heavy atom. The number of anilines is 1. The van der Waals surface area contributed by atoms with Gasteiger partial charge in [-0.05, 0) is 13.0 Å². The Hall–Kier alpha value is -3.29. The van der Waals surface area contributed by atoms with E-state index in [1.54, 1.807) is 28.9 Å². The normalized spacial score (nSPS) is 12.4. The molecule has 0 amide bonds. The molecular formula is C17H16FN7. The first kappa shape index (κ1) is 15.3. The van der Waals surface area contributed by atoms with Crippen molar-refractivity contribution >= 4 is 11.6 Å². The van der Waals surface area contributed by atoms with Crippen molar-refractivity contribution < 1.29 is 4.39 Å². The second-order valence-corrected chi connectivity index (χ2v) is 5.75. The Labute approximate surface area is 143 Å². The fourth-order valence-electron chi connectivity index (χ4n) is 2.83. The lowest BCUT2D eigenvalue weighted by Crippen LogP contribution is -2.20. The molecule has 4 aromatic rings. The average Bonchev–Trinajstić information content (AvgIpc) is 3.22. The lowest BCUT2D eigenvalue weighted by Gasteiger charge is -2.21. The maximum Gasteiger partial charge on any atom is 0.254 e. The van der Waals surface area contributed by atoms with Crippen molar-refractivity contribution in [2.45, 2.75) is 13.0 Å². The molecule has 25 heavy (non-hydrogen) atoms. The number of aryl methyl sites for hydroxylation is 2. The summed E-state index contributed by atoms with van der Waals surface area (Å²) in [4.78, 5) is 12.8. The Balaban J connectivity index is 1.85. The van der Waals surface area contributed by atoms with E-state index in [0.29, 0.717) is 23.0 Å². The summed E-state index contributed by atoms with van der Waals surface area (Å²) in [5, 5.41) is 7.54. The molecule has 0 aliphatic heterocycles. The SMILES string of the molecule is Cc1cc(NC(c2ccccc2F)c2nccn2C)n2ncnc2n1. The van der Waals surface area contributed by atoms with Crippen LogP contribution in [-0.2, 0) is 7.05 Å². The molecule has 1 atom stereocenters. The van der Waals surface area contributed by atoms with Gasteiger partial charge in [0, 0.05) is 36.8 Å². The van der Waals surface area contributed by atoms with Crippen LogP contribution in [0.5, 0.6) is 0 Å². The number of aromatic nitrogens is 6. The first-order chi connectivity index (χ1) is 12.1. The van der Waals surface area contributed by atoms with Crippen molar-refractivity contribution in [1.82, 2.24) is 29.1 Å². The first-order valence-corrected chi connectivity index (χ1v) is 7.79. The minimum Gasteiger partial charge on any atom is -0.356 e. The van der Waals surface area contributed by atoms with Crippen LogP contribution in [0.25, 0.3) is 5.78 Å². The highest BCUT2D eigenvalue weighted by Gasteiger charge is 2.23. The molecule has 0 aliphatic carbocycles. The fourth-order valence-corrected chi connectivity index (χ4v) is 2.83. The lowest BCUT2D eigenvalue weighted by molar-refractivity contribution is 0.595. The average molecular weight is 337 g/mol. The molecule has 1 aromatic carbocycles. The molecule has 8 heteroatoms. The van der Waals surface area contributed by atoms with Gasteiger partial charge in [0.05, 0.1) is 0 Å². The van der Waals surface area contributed by atoms with Gasteiger partial charge in [0.15, 0.2) is 0 Å². The van der Waals surface area contributed by atoms with Gasteiger partial charge >= 0.3 is 0 Å². The third-order valence-corrected chi connectivity index (χ3v) is 4.00. The molecule has 0 saturated carbocycles. The van der Waals surface area contributed by atoms with Crippen molar-refractivity contribution in [3.63, 3.8) is 0 Å². The predicted octanol–water partition coefficient (Wildman–Crippen LogP) is 2.51. The molecule has 0 saturated heterocycles. The Kier molecular flexibility index (Phi) is 3.64. The van der Waals surface area contributed by atoms with E-state index in [2.05, 4.69) is 25.4 Å². The number of imidazole rings is 1. The van der Waals surface area contributed by atoms with Crippen molar-refractivity contribution in [2.24, 2.45) is 7.05 Å². The number of halogens is 1. The minimum atomic E-state index is -0.490. The number of hydrogen-bond acceptors (Lipinski definition) is 5. The molecule has 1 N–H and O–H groups in total. The zero-order valence-corrected chi connectivity index (χ0v) is 13.8. The molecule has 4 rings (SSSR count). The van der Waals surface area contributed by atoms with Crippen LogP contribution in [-0.4, -0.2) is 29.1 Å². The highest BCUT2D eigenvalue weighted by molar-refractivity contribution is 5.48. The van der Waals surface area contributed by atoms with Crippen LogP contribution in [0.1, 0.15) is 23.1 Å². The first-order valence-electron chi connectivity index (χ1n) is 7.79. The topological polar surface area (TPSA) is 72.9 Å². The van der Waals surface area contributed by atoms with Gasteiger partial charge in [0.25, 0.3) is 5.78 Å². The summed E-state index contributed by atoms with van der Waals surface area (Å²) >= 11 is 0. The maximum absolute atomic E-state index is 14.5. The molecule has 1 unspecified atom stereocenters. The van der Waals surface area contributed by atoms with Gasteiger partial charge in [-0.25, -0.2) is 14.4 Å². The number of benzene rings is 1.